The van der Waals surface area contributed by atoms with Crippen molar-refractivity contribution in [3.8, 4) is 6.07 Å². The van der Waals surface area contributed by atoms with Crippen LogP contribution in [0, 0.1) is 11.3 Å². The number of carbonyl (C=O) groups is 3. The topological polar surface area (TPSA) is 102 Å². The van der Waals surface area contributed by atoms with Crippen LogP contribution in [0.25, 0.3) is 0 Å². The molecule has 1 aromatic heterocycles. The van der Waals surface area contributed by atoms with Gasteiger partial charge in [0.1, 0.15) is 16.3 Å². The Labute approximate surface area is 257 Å². The van der Waals surface area contributed by atoms with Crippen molar-refractivity contribution in [2.75, 3.05) is 17.2 Å². The number of carbonyl (C=O) groups excluding carboxylic acids is 3. The highest BCUT2D eigenvalue weighted by atomic mass is 35.5. The largest absolute Gasteiger partial charge is 0.337 e. The summed E-state index contributed by atoms with van der Waals surface area (Å²) in [5.74, 6) is -0.435. The number of anilines is 2. The van der Waals surface area contributed by atoms with Crippen LogP contribution < -0.4 is 10.6 Å². The van der Waals surface area contributed by atoms with Gasteiger partial charge in [0, 0.05) is 34.0 Å². The SMILES string of the molecule is CC(=O)N1CCc2c(sc(NC(=O)C(Sc3cccc(NC(=O)Cc4ccc(Cl)cc4)c3)c3ccccc3)c2C#N)C1. The molecule has 1 unspecified atom stereocenters. The molecule has 2 heterocycles. The normalized spacial score (nSPS) is 13.0. The predicted octanol–water partition coefficient (Wildman–Crippen LogP) is 6.83. The minimum absolute atomic E-state index is 0.0120. The van der Waals surface area contributed by atoms with Crippen molar-refractivity contribution < 1.29 is 14.4 Å². The zero-order valence-corrected chi connectivity index (χ0v) is 25.1. The molecule has 0 spiro atoms. The van der Waals surface area contributed by atoms with Gasteiger partial charge in [0.2, 0.25) is 17.7 Å². The van der Waals surface area contributed by atoms with Crippen molar-refractivity contribution >= 4 is 63.1 Å². The van der Waals surface area contributed by atoms with Gasteiger partial charge < -0.3 is 15.5 Å². The maximum atomic E-state index is 13.8. The number of thiophene rings is 1. The van der Waals surface area contributed by atoms with E-state index >= 15 is 0 Å². The zero-order chi connectivity index (χ0) is 29.6. The molecule has 0 saturated heterocycles. The number of hydrogen-bond acceptors (Lipinski definition) is 6. The molecular weight excluding hydrogens is 588 g/mol. The minimum Gasteiger partial charge on any atom is -0.337 e. The van der Waals surface area contributed by atoms with Crippen LogP contribution in [0.2, 0.25) is 5.02 Å². The molecular formula is C32H27ClN4O3S2. The molecule has 0 aliphatic carbocycles. The van der Waals surface area contributed by atoms with E-state index in [-0.39, 0.29) is 24.1 Å². The van der Waals surface area contributed by atoms with E-state index in [4.69, 9.17) is 11.6 Å². The number of nitrogens with zero attached hydrogens (tertiary/aromatic N) is 2. The summed E-state index contributed by atoms with van der Waals surface area (Å²) in [7, 11) is 0. The van der Waals surface area contributed by atoms with Crippen LogP contribution in [0.15, 0.2) is 83.8 Å². The van der Waals surface area contributed by atoms with Crippen LogP contribution in [0.4, 0.5) is 10.7 Å². The fraction of sp³-hybridized carbons (Fsp3) is 0.188. The molecule has 0 fully saturated rings. The molecule has 1 atom stereocenters. The molecule has 1 aliphatic rings. The Morgan fingerprint density at radius 1 is 1.05 bits per heavy atom. The number of amides is 3. The summed E-state index contributed by atoms with van der Waals surface area (Å²) in [6.07, 6.45) is 0.789. The van der Waals surface area contributed by atoms with Crippen LogP contribution in [0.1, 0.15) is 39.3 Å². The van der Waals surface area contributed by atoms with Gasteiger partial charge in [0.25, 0.3) is 0 Å². The summed E-state index contributed by atoms with van der Waals surface area (Å²) in [4.78, 5) is 41.8. The summed E-state index contributed by atoms with van der Waals surface area (Å²) in [5.41, 5.74) is 3.65. The van der Waals surface area contributed by atoms with Crippen LogP contribution in [0.3, 0.4) is 0 Å². The number of hydrogen-bond donors (Lipinski definition) is 2. The van der Waals surface area contributed by atoms with E-state index in [1.54, 1.807) is 23.1 Å². The van der Waals surface area contributed by atoms with Gasteiger partial charge in [-0.05, 0) is 53.4 Å². The number of thioether (sulfide) groups is 1. The van der Waals surface area contributed by atoms with E-state index < -0.39 is 5.25 Å². The van der Waals surface area contributed by atoms with Gasteiger partial charge >= 0.3 is 0 Å². The lowest BCUT2D eigenvalue weighted by Crippen LogP contribution is -2.33. The maximum Gasteiger partial charge on any atom is 0.243 e. The molecule has 3 aromatic carbocycles. The van der Waals surface area contributed by atoms with Gasteiger partial charge in [-0.15, -0.1) is 23.1 Å². The highest BCUT2D eigenvalue weighted by Gasteiger charge is 2.29. The fourth-order valence-electron chi connectivity index (χ4n) is 4.73. The van der Waals surface area contributed by atoms with Gasteiger partial charge in [-0.25, -0.2) is 0 Å². The van der Waals surface area contributed by atoms with Crippen molar-refractivity contribution in [3.63, 3.8) is 0 Å². The highest BCUT2D eigenvalue weighted by molar-refractivity contribution is 8.00. The Bertz CT molecular complexity index is 1670. The molecule has 42 heavy (non-hydrogen) atoms. The fourth-order valence-corrected chi connectivity index (χ4v) is 7.16. The van der Waals surface area contributed by atoms with Crippen LogP contribution in [0.5, 0.6) is 0 Å². The number of halogens is 1. The summed E-state index contributed by atoms with van der Waals surface area (Å²) in [6.45, 7) is 2.53. The van der Waals surface area contributed by atoms with Gasteiger partial charge in [0.15, 0.2) is 0 Å². The second kappa shape index (κ2) is 13.3. The Hall–Kier alpha value is -4.10. The van der Waals surface area contributed by atoms with Gasteiger partial charge in [-0.2, -0.15) is 5.26 Å². The molecule has 2 N–H and O–H groups in total. The molecule has 4 aromatic rings. The Morgan fingerprint density at radius 3 is 2.52 bits per heavy atom. The van der Waals surface area contributed by atoms with Gasteiger partial charge in [-0.1, -0.05) is 60.1 Å². The Balaban J connectivity index is 1.34. The number of nitrogens with one attached hydrogen (secondary N) is 2. The molecule has 0 radical (unpaired) electrons. The van der Waals surface area contributed by atoms with Gasteiger partial charge in [0.05, 0.1) is 18.5 Å². The number of fused-ring (bicyclic) bond motifs is 1. The van der Waals surface area contributed by atoms with E-state index in [2.05, 4.69) is 16.7 Å². The number of benzene rings is 3. The monoisotopic (exact) mass is 614 g/mol. The van der Waals surface area contributed by atoms with Crippen molar-refractivity contribution in [1.82, 2.24) is 4.90 Å². The van der Waals surface area contributed by atoms with Crippen LogP contribution >= 0.6 is 34.7 Å². The molecule has 0 saturated carbocycles. The minimum atomic E-state index is -0.620. The molecule has 0 bridgehead atoms. The average molecular weight is 615 g/mol. The van der Waals surface area contributed by atoms with E-state index in [0.717, 1.165) is 26.5 Å². The first-order valence-corrected chi connectivity index (χ1v) is 15.3. The zero-order valence-electron chi connectivity index (χ0n) is 22.7. The summed E-state index contributed by atoms with van der Waals surface area (Å²) >= 11 is 8.66. The maximum absolute atomic E-state index is 13.8. The standard InChI is InChI=1S/C32H27ClN4O3S2/c1-20(38)37-15-14-26-27(18-34)32(42-28(26)19-37)36-31(40)30(22-6-3-2-4-7-22)41-25-9-5-8-24(17-25)35-29(39)16-21-10-12-23(33)13-11-21/h2-13,17,30H,14-16,19H2,1H3,(H,35,39)(H,36,40). The van der Waals surface area contributed by atoms with Crippen molar-refractivity contribution in [3.05, 3.63) is 111 Å². The van der Waals surface area contributed by atoms with Crippen molar-refractivity contribution in [1.29, 1.82) is 5.26 Å². The lowest BCUT2D eigenvalue weighted by Gasteiger charge is -2.25. The molecule has 10 heteroatoms. The molecule has 212 valence electrons. The lowest BCUT2D eigenvalue weighted by molar-refractivity contribution is -0.129. The Morgan fingerprint density at radius 2 is 1.81 bits per heavy atom. The summed E-state index contributed by atoms with van der Waals surface area (Å²) in [5, 5.41) is 16.4. The first-order chi connectivity index (χ1) is 20.3. The van der Waals surface area contributed by atoms with E-state index in [0.29, 0.717) is 40.8 Å². The summed E-state index contributed by atoms with van der Waals surface area (Å²) < 4.78 is 0. The smallest absolute Gasteiger partial charge is 0.243 e. The average Bonchev–Trinajstić information content (AvgIpc) is 3.33. The second-order valence-corrected chi connectivity index (χ2v) is 12.5. The quantitative estimate of drug-likeness (QED) is 0.212. The van der Waals surface area contributed by atoms with Crippen LogP contribution in [-0.4, -0.2) is 29.2 Å². The van der Waals surface area contributed by atoms with Crippen molar-refractivity contribution in [2.24, 2.45) is 0 Å². The first-order valence-electron chi connectivity index (χ1n) is 13.3. The molecule has 7 nitrogen and oxygen atoms in total. The summed E-state index contributed by atoms with van der Waals surface area (Å²) in [6, 6.07) is 26.2. The number of rotatable bonds is 8. The lowest BCUT2D eigenvalue weighted by atomic mass is 10.0. The third-order valence-corrected chi connectivity index (χ3v) is 9.47. The second-order valence-electron chi connectivity index (χ2n) is 9.79. The predicted molar refractivity (Wildman–Crippen MR) is 168 cm³/mol. The van der Waals surface area contributed by atoms with Crippen LogP contribution in [-0.2, 0) is 33.8 Å². The van der Waals surface area contributed by atoms with E-state index in [1.807, 2.05) is 60.7 Å². The Kier molecular flexibility index (Phi) is 9.28. The molecule has 1 aliphatic heterocycles. The third-order valence-electron chi connectivity index (χ3n) is 6.84. The van der Waals surface area contributed by atoms with E-state index in [1.165, 1.54) is 30.0 Å². The van der Waals surface area contributed by atoms with Gasteiger partial charge in [-0.3, -0.25) is 14.4 Å². The first kappa shape index (κ1) is 29.4. The van der Waals surface area contributed by atoms with E-state index in [9.17, 15) is 19.6 Å². The third kappa shape index (κ3) is 7.02. The highest BCUT2D eigenvalue weighted by Crippen LogP contribution is 2.40. The number of nitriles is 1. The molecule has 5 rings (SSSR count). The molecule has 3 amide bonds. The van der Waals surface area contributed by atoms with Crippen molar-refractivity contribution in [2.45, 2.75) is 36.5 Å².